The molecule has 0 spiro atoms. The molecule has 3 heteroatoms. The average Bonchev–Trinajstić information content (AvgIpc) is 1.89. The third-order valence-electron chi connectivity index (χ3n) is 1.08. The Kier molecular flexibility index (Phi) is 8.26. The molecule has 0 saturated heterocycles. The van der Waals surface area contributed by atoms with Crippen LogP contribution in [-0.2, 0) is 4.43 Å². The second-order valence-corrected chi connectivity index (χ2v) is 3.08. The van der Waals surface area contributed by atoms with E-state index in [1.807, 2.05) is 0 Å². The summed E-state index contributed by atoms with van der Waals surface area (Å²) in [4.78, 5) is 0. The summed E-state index contributed by atoms with van der Waals surface area (Å²) in [7, 11) is 2.37. The highest BCUT2D eigenvalue weighted by Gasteiger charge is 1.88. The van der Waals surface area contributed by atoms with Crippen molar-refractivity contribution in [1.29, 1.82) is 0 Å². The summed E-state index contributed by atoms with van der Waals surface area (Å²) in [6, 6.07) is 1.15. The molecule has 0 saturated carbocycles. The van der Waals surface area contributed by atoms with Gasteiger partial charge in [-0.2, -0.15) is 0 Å². The largest absolute Gasteiger partial charge is 0.421 e. The zero-order chi connectivity index (χ0) is 6.95. The molecular weight excluding hydrogens is 132 g/mol. The van der Waals surface area contributed by atoms with Crippen molar-refractivity contribution in [3.05, 3.63) is 0 Å². The minimum atomic E-state index is 0.329. The summed E-state index contributed by atoms with van der Waals surface area (Å²) in [5.74, 6) is 0. The predicted molar refractivity (Wildman–Crippen MR) is 38.5 cm³/mol. The zero-order valence-electron chi connectivity index (χ0n) is 5.89. The van der Waals surface area contributed by atoms with Crippen LogP contribution in [0.2, 0.25) is 6.04 Å². The van der Waals surface area contributed by atoms with Crippen LogP contribution >= 0.6 is 0 Å². The van der Waals surface area contributed by atoms with Crippen molar-refractivity contribution in [3.8, 4) is 0 Å². The quantitative estimate of drug-likeness (QED) is 0.444. The summed E-state index contributed by atoms with van der Waals surface area (Å²) < 4.78 is 4.89. The Balaban J connectivity index is 2.60. The Morgan fingerprint density at radius 2 is 2.11 bits per heavy atom. The normalized spacial score (nSPS) is 10.0. The van der Waals surface area contributed by atoms with Gasteiger partial charge in [0.2, 0.25) is 9.76 Å². The Labute approximate surface area is 59.2 Å². The summed E-state index contributed by atoms with van der Waals surface area (Å²) in [5, 5.41) is 8.39. The maximum absolute atomic E-state index is 8.39. The fourth-order valence-corrected chi connectivity index (χ4v) is 1.19. The second-order valence-electron chi connectivity index (χ2n) is 1.88. The van der Waals surface area contributed by atoms with Crippen LogP contribution in [0.15, 0.2) is 0 Å². The van der Waals surface area contributed by atoms with Gasteiger partial charge in [-0.1, -0.05) is 12.8 Å². The number of aliphatic hydroxyl groups excluding tert-OH is 1. The van der Waals surface area contributed by atoms with E-state index >= 15 is 0 Å². The highest BCUT2D eigenvalue weighted by Crippen LogP contribution is 1.97. The van der Waals surface area contributed by atoms with Gasteiger partial charge in [0.05, 0.1) is 0 Å². The summed E-state index contributed by atoms with van der Waals surface area (Å²) in [6.07, 6.45) is 3.26. The van der Waals surface area contributed by atoms with Crippen molar-refractivity contribution in [2.45, 2.75) is 25.3 Å². The van der Waals surface area contributed by atoms with Crippen molar-refractivity contribution in [2.24, 2.45) is 0 Å². The Hall–Kier alpha value is 0.137. The van der Waals surface area contributed by atoms with E-state index in [4.69, 9.17) is 9.53 Å². The van der Waals surface area contributed by atoms with Crippen LogP contribution in [0, 0.1) is 0 Å². The molecule has 1 N–H and O–H groups in total. The van der Waals surface area contributed by atoms with E-state index in [-0.39, 0.29) is 0 Å². The van der Waals surface area contributed by atoms with E-state index < -0.39 is 0 Å². The molecular formula is C6H14O2Si. The van der Waals surface area contributed by atoms with E-state index in [9.17, 15) is 0 Å². The van der Waals surface area contributed by atoms with E-state index in [2.05, 4.69) is 0 Å². The van der Waals surface area contributed by atoms with Crippen LogP contribution in [0.25, 0.3) is 0 Å². The van der Waals surface area contributed by atoms with Gasteiger partial charge in [0.15, 0.2) is 0 Å². The number of rotatable bonds is 6. The molecule has 0 bridgehead atoms. The minimum Gasteiger partial charge on any atom is -0.421 e. The molecule has 0 aliphatic heterocycles. The first-order valence-corrected chi connectivity index (χ1v) is 4.40. The fraction of sp³-hybridized carbons (Fsp3) is 1.00. The van der Waals surface area contributed by atoms with E-state index in [0.717, 1.165) is 18.9 Å². The lowest BCUT2D eigenvalue weighted by atomic mass is 10.3. The van der Waals surface area contributed by atoms with Gasteiger partial charge in [0, 0.05) is 13.7 Å². The number of unbranched alkanes of at least 4 members (excludes halogenated alkanes) is 2. The lowest BCUT2D eigenvalue weighted by molar-refractivity contribution is 0.284. The van der Waals surface area contributed by atoms with Crippen molar-refractivity contribution in [3.63, 3.8) is 0 Å². The van der Waals surface area contributed by atoms with Crippen LogP contribution in [0.1, 0.15) is 19.3 Å². The molecule has 0 amide bonds. The fourth-order valence-electron chi connectivity index (χ4n) is 0.588. The molecule has 54 valence electrons. The van der Waals surface area contributed by atoms with Gasteiger partial charge in [0.1, 0.15) is 0 Å². The lowest BCUT2D eigenvalue weighted by Gasteiger charge is -1.95. The van der Waals surface area contributed by atoms with Crippen molar-refractivity contribution in [1.82, 2.24) is 0 Å². The van der Waals surface area contributed by atoms with Crippen molar-refractivity contribution in [2.75, 3.05) is 13.7 Å². The van der Waals surface area contributed by atoms with Crippen LogP contribution in [0.4, 0.5) is 0 Å². The number of hydrogen-bond donors (Lipinski definition) is 1. The Bertz CT molecular complexity index is 44.3. The highest BCUT2D eigenvalue weighted by atomic mass is 28.2. The van der Waals surface area contributed by atoms with Crippen LogP contribution in [-0.4, -0.2) is 28.6 Å². The molecule has 9 heavy (non-hydrogen) atoms. The van der Waals surface area contributed by atoms with Crippen LogP contribution in [0.3, 0.4) is 0 Å². The molecule has 0 aromatic heterocycles. The Morgan fingerprint density at radius 3 is 2.67 bits per heavy atom. The van der Waals surface area contributed by atoms with Crippen LogP contribution in [0.5, 0.6) is 0 Å². The first-order valence-electron chi connectivity index (χ1n) is 3.28. The number of hydrogen-bond acceptors (Lipinski definition) is 2. The van der Waals surface area contributed by atoms with Crippen molar-refractivity contribution < 1.29 is 9.53 Å². The lowest BCUT2D eigenvalue weighted by Crippen LogP contribution is -1.92. The molecule has 0 aliphatic carbocycles. The zero-order valence-corrected chi connectivity index (χ0v) is 6.89. The molecule has 2 nitrogen and oxygen atoms in total. The average molecular weight is 146 g/mol. The van der Waals surface area contributed by atoms with Gasteiger partial charge >= 0.3 is 0 Å². The third kappa shape index (κ3) is 8.14. The summed E-state index contributed by atoms with van der Waals surface area (Å²) in [5.41, 5.74) is 0. The van der Waals surface area contributed by atoms with E-state index in [1.165, 1.54) is 6.42 Å². The summed E-state index contributed by atoms with van der Waals surface area (Å²) in [6.45, 7) is 0.329. The maximum atomic E-state index is 8.39. The molecule has 2 radical (unpaired) electrons. The SMILES string of the molecule is CO[Si]CCCCCO. The van der Waals surface area contributed by atoms with Gasteiger partial charge in [-0.15, -0.1) is 0 Å². The monoisotopic (exact) mass is 146 g/mol. The van der Waals surface area contributed by atoms with Gasteiger partial charge in [0.25, 0.3) is 0 Å². The van der Waals surface area contributed by atoms with E-state index in [1.54, 1.807) is 7.11 Å². The first kappa shape index (κ1) is 9.14. The molecule has 0 aliphatic rings. The van der Waals surface area contributed by atoms with Gasteiger partial charge in [-0.05, 0) is 12.5 Å². The molecule has 0 aromatic carbocycles. The summed E-state index contributed by atoms with van der Waals surface area (Å²) >= 11 is 0. The standard InChI is InChI=1S/C6H14O2Si/c1-8-9-6-4-2-3-5-7/h7H,2-6H2,1H3. The second kappa shape index (κ2) is 8.14. The molecule has 0 atom stereocenters. The van der Waals surface area contributed by atoms with Crippen molar-refractivity contribution >= 4 is 9.76 Å². The highest BCUT2D eigenvalue weighted by molar-refractivity contribution is 6.26. The van der Waals surface area contributed by atoms with Crippen LogP contribution < -0.4 is 0 Å². The third-order valence-corrected chi connectivity index (χ3v) is 1.93. The maximum Gasteiger partial charge on any atom is 0.229 e. The smallest absolute Gasteiger partial charge is 0.229 e. The molecule has 0 fully saturated rings. The minimum absolute atomic E-state index is 0.329. The number of aliphatic hydroxyl groups is 1. The van der Waals surface area contributed by atoms with Gasteiger partial charge in [-0.3, -0.25) is 0 Å². The predicted octanol–water partition coefficient (Wildman–Crippen LogP) is 0.833. The molecule has 0 heterocycles. The molecule has 0 rings (SSSR count). The topological polar surface area (TPSA) is 29.5 Å². The Morgan fingerprint density at radius 1 is 1.33 bits per heavy atom. The molecule has 0 aromatic rings. The first-order chi connectivity index (χ1) is 4.41. The van der Waals surface area contributed by atoms with Gasteiger partial charge in [-0.25, -0.2) is 0 Å². The van der Waals surface area contributed by atoms with Gasteiger partial charge < -0.3 is 9.53 Å². The molecule has 0 unspecified atom stereocenters. The van der Waals surface area contributed by atoms with E-state index in [0.29, 0.717) is 16.4 Å².